The standard InChI is InChI=1S/C16H18N2O2/c1-10-6-13-16(14(19)7-10)15(20-18-13)8-11-2-4-12(9-17)5-3-11/h2-5,10H,6-9,17H2,1H3. The molecule has 0 spiro atoms. The van der Waals surface area contributed by atoms with Crippen LogP contribution in [0, 0.1) is 5.92 Å². The maximum atomic E-state index is 12.2. The Labute approximate surface area is 118 Å². The first-order valence-electron chi connectivity index (χ1n) is 6.96. The fraction of sp³-hybridized carbons (Fsp3) is 0.375. The van der Waals surface area contributed by atoms with Crippen LogP contribution in [0.25, 0.3) is 0 Å². The van der Waals surface area contributed by atoms with Gasteiger partial charge in [0.25, 0.3) is 0 Å². The third-order valence-corrected chi connectivity index (χ3v) is 3.81. The van der Waals surface area contributed by atoms with E-state index in [0.717, 1.165) is 23.2 Å². The number of Topliss-reactive ketones (excluding diaryl/α,β-unsaturated/α-hetero) is 1. The normalized spacial score (nSPS) is 18.1. The van der Waals surface area contributed by atoms with Gasteiger partial charge in [-0.3, -0.25) is 4.79 Å². The molecule has 0 aliphatic heterocycles. The number of nitrogens with two attached hydrogens (primary N) is 1. The summed E-state index contributed by atoms with van der Waals surface area (Å²) in [5.41, 5.74) is 9.32. The Morgan fingerprint density at radius 3 is 2.65 bits per heavy atom. The SMILES string of the molecule is CC1CC(=O)c2c(noc2Cc2ccc(CN)cc2)C1. The summed E-state index contributed by atoms with van der Waals surface area (Å²) in [4.78, 5) is 12.2. The van der Waals surface area contributed by atoms with Crippen LogP contribution < -0.4 is 5.73 Å². The Balaban J connectivity index is 1.86. The summed E-state index contributed by atoms with van der Waals surface area (Å²) in [5.74, 6) is 1.21. The number of nitrogens with zero attached hydrogens (tertiary/aromatic N) is 1. The second-order valence-electron chi connectivity index (χ2n) is 5.56. The molecule has 1 atom stereocenters. The van der Waals surface area contributed by atoms with Gasteiger partial charge >= 0.3 is 0 Å². The summed E-state index contributed by atoms with van der Waals surface area (Å²) in [6.07, 6.45) is 2.03. The van der Waals surface area contributed by atoms with E-state index >= 15 is 0 Å². The predicted octanol–water partition coefficient (Wildman–Crippen LogP) is 2.49. The average molecular weight is 270 g/mol. The number of rotatable bonds is 3. The first kappa shape index (κ1) is 13.1. The van der Waals surface area contributed by atoms with Crippen LogP contribution >= 0.6 is 0 Å². The van der Waals surface area contributed by atoms with Gasteiger partial charge in [0, 0.05) is 19.4 Å². The molecule has 104 valence electrons. The number of carbonyl (C=O) groups excluding carboxylic acids is 1. The molecule has 1 heterocycles. The summed E-state index contributed by atoms with van der Waals surface area (Å²) in [6, 6.07) is 8.05. The molecule has 0 bridgehead atoms. The van der Waals surface area contributed by atoms with Crippen LogP contribution in [0.5, 0.6) is 0 Å². The molecule has 2 aromatic rings. The van der Waals surface area contributed by atoms with Crippen molar-refractivity contribution in [3.63, 3.8) is 0 Å². The minimum Gasteiger partial charge on any atom is -0.360 e. The molecule has 1 aromatic carbocycles. The lowest BCUT2D eigenvalue weighted by Gasteiger charge is -2.15. The van der Waals surface area contributed by atoms with Crippen molar-refractivity contribution in [3.05, 3.63) is 52.4 Å². The molecule has 1 unspecified atom stereocenters. The Kier molecular flexibility index (Phi) is 3.40. The van der Waals surface area contributed by atoms with E-state index in [1.807, 2.05) is 24.3 Å². The topological polar surface area (TPSA) is 69.1 Å². The summed E-state index contributed by atoms with van der Waals surface area (Å²) in [7, 11) is 0. The molecule has 2 N–H and O–H groups in total. The highest BCUT2D eigenvalue weighted by Gasteiger charge is 2.29. The van der Waals surface area contributed by atoms with Crippen molar-refractivity contribution in [1.29, 1.82) is 0 Å². The van der Waals surface area contributed by atoms with Crippen LogP contribution in [0.4, 0.5) is 0 Å². The zero-order valence-electron chi connectivity index (χ0n) is 11.6. The number of hydrogen-bond donors (Lipinski definition) is 1. The zero-order chi connectivity index (χ0) is 14.1. The number of benzene rings is 1. The highest BCUT2D eigenvalue weighted by atomic mass is 16.5. The van der Waals surface area contributed by atoms with Gasteiger partial charge in [0.2, 0.25) is 0 Å². The highest BCUT2D eigenvalue weighted by molar-refractivity contribution is 5.99. The molecule has 0 amide bonds. The average Bonchev–Trinajstić information content (AvgIpc) is 2.82. The lowest BCUT2D eigenvalue weighted by atomic mass is 9.86. The van der Waals surface area contributed by atoms with Crippen molar-refractivity contribution in [2.24, 2.45) is 11.7 Å². The largest absolute Gasteiger partial charge is 0.360 e. The third-order valence-electron chi connectivity index (χ3n) is 3.81. The van der Waals surface area contributed by atoms with Gasteiger partial charge in [0.15, 0.2) is 11.5 Å². The lowest BCUT2D eigenvalue weighted by Crippen LogP contribution is -2.18. The Morgan fingerprint density at radius 1 is 1.25 bits per heavy atom. The molecule has 4 nitrogen and oxygen atoms in total. The summed E-state index contributed by atoms with van der Waals surface area (Å²) < 4.78 is 5.40. The van der Waals surface area contributed by atoms with Crippen molar-refractivity contribution < 1.29 is 9.32 Å². The number of aromatic nitrogens is 1. The van der Waals surface area contributed by atoms with Crippen LogP contribution in [-0.4, -0.2) is 10.9 Å². The molecule has 3 rings (SSSR count). The monoisotopic (exact) mass is 270 g/mol. The molecular formula is C16H18N2O2. The van der Waals surface area contributed by atoms with Gasteiger partial charge in [-0.15, -0.1) is 0 Å². The van der Waals surface area contributed by atoms with Gasteiger partial charge in [-0.05, 0) is 23.5 Å². The van der Waals surface area contributed by atoms with Crippen LogP contribution in [0.1, 0.15) is 46.3 Å². The number of ketones is 1. The van der Waals surface area contributed by atoms with Gasteiger partial charge < -0.3 is 10.3 Å². The van der Waals surface area contributed by atoms with Crippen molar-refractivity contribution >= 4 is 5.78 Å². The van der Waals surface area contributed by atoms with E-state index in [4.69, 9.17) is 10.3 Å². The lowest BCUT2D eigenvalue weighted by molar-refractivity contribution is 0.0952. The minimum atomic E-state index is 0.161. The molecule has 20 heavy (non-hydrogen) atoms. The summed E-state index contributed by atoms with van der Waals surface area (Å²) >= 11 is 0. The van der Waals surface area contributed by atoms with Crippen molar-refractivity contribution in [2.75, 3.05) is 0 Å². The molecule has 0 saturated carbocycles. The first-order valence-corrected chi connectivity index (χ1v) is 6.96. The molecule has 0 saturated heterocycles. The van der Waals surface area contributed by atoms with Gasteiger partial charge in [0.1, 0.15) is 0 Å². The van der Waals surface area contributed by atoms with Crippen molar-refractivity contribution in [2.45, 2.75) is 32.7 Å². The van der Waals surface area contributed by atoms with E-state index in [0.29, 0.717) is 36.6 Å². The van der Waals surface area contributed by atoms with Crippen LogP contribution in [0.2, 0.25) is 0 Å². The van der Waals surface area contributed by atoms with E-state index < -0.39 is 0 Å². The smallest absolute Gasteiger partial charge is 0.168 e. The second kappa shape index (κ2) is 5.21. The van der Waals surface area contributed by atoms with E-state index in [1.165, 1.54) is 0 Å². The van der Waals surface area contributed by atoms with Crippen LogP contribution in [-0.2, 0) is 19.4 Å². The zero-order valence-corrected chi connectivity index (χ0v) is 11.6. The highest BCUT2D eigenvalue weighted by Crippen LogP contribution is 2.28. The van der Waals surface area contributed by atoms with Gasteiger partial charge in [-0.25, -0.2) is 0 Å². The Bertz CT molecular complexity index is 628. The van der Waals surface area contributed by atoms with Crippen molar-refractivity contribution in [3.8, 4) is 0 Å². The van der Waals surface area contributed by atoms with Gasteiger partial charge in [-0.1, -0.05) is 36.3 Å². The number of carbonyl (C=O) groups is 1. The van der Waals surface area contributed by atoms with E-state index in [1.54, 1.807) is 0 Å². The molecule has 1 aromatic heterocycles. The third kappa shape index (κ3) is 2.39. The first-order chi connectivity index (χ1) is 9.67. The number of hydrogen-bond acceptors (Lipinski definition) is 4. The summed E-state index contributed by atoms with van der Waals surface area (Å²) in [6.45, 7) is 2.61. The Morgan fingerprint density at radius 2 is 1.95 bits per heavy atom. The Hall–Kier alpha value is -1.94. The van der Waals surface area contributed by atoms with Gasteiger partial charge in [-0.2, -0.15) is 0 Å². The van der Waals surface area contributed by atoms with E-state index in [9.17, 15) is 4.79 Å². The molecular weight excluding hydrogens is 252 g/mol. The van der Waals surface area contributed by atoms with Crippen LogP contribution in [0.3, 0.4) is 0 Å². The quantitative estimate of drug-likeness (QED) is 0.930. The maximum absolute atomic E-state index is 12.2. The number of fused-ring (bicyclic) bond motifs is 1. The minimum absolute atomic E-state index is 0.161. The molecule has 4 heteroatoms. The molecule has 0 fully saturated rings. The fourth-order valence-electron chi connectivity index (χ4n) is 2.74. The summed E-state index contributed by atoms with van der Waals surface area (Å²) in [5, 5.41) is 4.07. The van der Waals surface area contributed by atoms with Crippen LogP contribution in [0.15, 0.2) is 28.8 Å². The van der Waals surface area contributed by atoms with Gasteiger partial charge in [0.05, 0.1) is 11.3 Å². The van der Waals surface area contributed by atoms with E-state index in [2.05, 4.69) is 12.1 Å². The maximum Gasteiger partial charge on any atom is 0.168 e. The van der Waals surface area contributed by atoms with E-state index in [-0.39, 0.29) is 5.78 Å². The molecule has 1 aliphatic rings. The van der Waals surface area contributed by atoms with Crippen molar-refractivity contribution in [1.82, 2.24) is 5.16 Å². The fourth-order valence-corrected chi connectivity index (χ4v) is 2.74. The second-order valence-corrected chi connectivity index (χ2v) is 5.56. The predicted molar refractivity (Wildman–Crippen MR) is 75.5 cm³/mol. The molecule has 1 aliphatic carbocycles. The molecule has 0 radical (unpaired) electrons.